The van der Waals surface area contributed by atoms with Gasteiger partial charge in [0.1, 0.15) is 0 Å². The Bertz CT molecular complexity index is 348. The van der Waals surface area contributed by atoms with Crippen LogP contribution in [0.4, 0.5) is 0 Å². The molecule has 82 valence electrons. The Morgan fingerprint density at radius 1 is 1.47 bits per heavy atom. The standard InChI is InChI=1S/C11H13NO2.ClH/c13-11(14)9-4-1-3-8(7-9)10-5-2-6-12-10;/h1,3-4,7,10,12H,2,5-6H2,(H,13,14);1H. The summed E-state index contributed by atoms with van der Waals surface area (Å²) in [6, 6.07) is 7.51. The van der Waals surface area contributed by atoms with Crippen molar-refractivity contribution in [3.8, 4) is 0 Å². The van der Waals surface area contributed by atoms with Gasteiger partial charge in [-0.1, -0.05) is 12.1 Å². The Balaban J connectivity index is 0.00000112. The summed E-state index contributed by atoms with van der Waals surface area (Å²) in [6.07, 6.45) is 2.27. The number of carboxylic acids is 1. The first-order chi connectivity index (χ1) is 6.77. The summed E-state index contributed by atoms with van der Waals surface area (Å²) in [5.41, 5.74) is 1.46. The molecule has 1 aromatic carbocycles. The van der Waals surface area contributed by atoms with Crippen LogP contribution in [0.15, 0.2) is 24.3 Å². The minimum absolute atomic E-state index is 0. The highest BCUT2D eigenvalue weighted by molar-refractivity contribution is 5.87. The average Bonchev–Trinajstić information content (AvgIpc) is 2.71. The van der Waals surface area contributed by atoms with Gasteiger partial charge in [-0.25, -0.2) is 4.79 Å². The number of hydrogen-bond donors (Lipinski definition) is 2. The Kier molecular flexibility index (Phi) is 4.12. The highest BCUT2D eigenvalue weighted by atomic mass is 35.5. The number of carbonyl (C=O) groups is 1. The van der Waals surface area contributed by atoms with E-state index in [9.17, 15) is 4.79 Å². The molecule has 1 aliphatic rings. The van der Waals surface area contributed by atoms with Gasteiger partial charge in [-0.05, 0) is 37.1 Å². The second kappa shape index (κ2) is 5.14. The molecule has 2 rings (SSSR count). The molecule has 1 atom stereocenters. The molecule has 1 aliphatic heterocycles. The van der Waals surface area contributed by atoms with Gasteiger partial charge in [0.2, 0.25) is 0 Å². The lowest BCUT2D eigenvalue weighted by atomic mass is 10.0. The Labute approximate surface area is 94.9 Å². The van der Waals surface area contributed by atoms with E-state index < -0.39 is 5.97 Å². The molecule has 0 radical (unpaired) electrons. The number of aromatic carboxylic acids is 1. The normalized spacial score (nSPS) is 19.6. The lowest BCUT2D eigenvalue weighted by Crippen LogP contribution is -2.13. The lowest BCUT2D eigenvalue weighted by Gasteiger charge is -2.10. The van der Waals surface area contributed by atoms with Gasteiger partial charge >= 0.3 is 5.97 Å². The van der Waals surface area contributed by atoms with Crippen molar-refractivity contribution in [3.63, 3.8) is 0 Å². The molecule has 0 aromatic heterocycles. The van der Waals surface area contributed by atoms with E-state index in [1.54, 1.807) is 18.2 Å². The number of benzene rings is 1. The monoisotopic (exact) mass is 227 g/mol. The van der Waals surface area contributed by atoms with E-state index in [2.05, 4.69) is 5.32 Å². The van der Waals surface area contributed by atoms with Crippen molar-refractivity contribution >= 4 is 18.4 Å². The molecular formula is C11H14ClNO2. The van der Waals surface area contributed by atoms with Crippen LogP contribution in [0.1, 0.15) is 34.8 Å². The minimum Gasteiger partial charge on any atom is -0.478 e. The molecule has 0 spiro atoms. The summed E-state index contributed by atoms with van der Waals surface area (Å²) in [6.45, 7) is 1.03. The van der Waals surface area contributed by atoms with Crippen molar-refractivity contribution in [3.05, 3.63) is 35.4 Å². The number of carboxylic acid groups (broad SMARTS) is 1. The van der Waals surface area contributed by atoms with Crippen LogP contribution in [0.25, 0.3) is 0 Å². The van der Waals surface area contributed by atoms with E-state index in [-0.39, 0.29) is 12.4 Å². The molecule has 2 N–H and O–H groups in total. The zero-order chi connectivity index (χ0) is 9.97. The fraction of sp³-hybridized carbons (Fsp3) is 0.364. The molecule has 1 aromatic rings. The smallest absolute Gasteiger partial charge is 0.335 e. The van der Waals surface area contributed by atoms with Crippen molar-refractivity contribution in [1.82, 2.24) is 5.32 Å². The lowest BCUT2D eigenvalue weighted by molar-refractivity contribution is 0.0696. The van der Waals surface area contributed by atoms with Crippen molar-refractivity contribution < 1.29 is 9.90 Å². The summed E-state index contributed by atoms with van der Waals surface area (Å²) < 4.78 is 0. The van der Waals surface area contributed by atoms with E-state index in [1.807, 2.05) is 6.07 Å². The maximum Gasteiger partial charge on any atom is 0.335 e. The topological polar surface area (TPSA) is 49.3 Å². The first-order valence-corrected chi connectivity index (χ1v) is 4.84. The minimum atomic E-state index is -0.857. The van der Waals surface area contributed by atoms with Crippen LogP contribution in [-0.2, 0) is 0 Å². The van der Waals surface area contributed by atoms with Crippen LogP contribution >= 0.6 is 12.4 Å². The molecule has 1 saturated heterocycles. The highest BCUT2D eigenvalue weighted by Crippen LogP contribution is 2.23. The molecule has 1 unspecified atom stereocenters. The highest BCUT2D eigenvalue weighted by Gasteiger charge is 2.16. The van der Waals surface area contributed by atoms with Crippen molar-refractivity contribution in [2.75, 3.05) is 6.54 Å². The van der Waals surface area contributed by atoms with Gasteiger partial charge < -0.3 is 10.4 Å². The average molecular weight is 228 g/mol. The molecular weight excluding hydrogens is 214 g/mol. The third-order valence-electron chi connectivity index (χ3n) is 2.60. The van der Waals surface area contributed by atoms with Crippen LogP contribution in [0, 0.1) is 0 Å². The maximum absolute atomic E-state index is 10.7. The van der Waals surface area contributed by atoms with Crippen LogP contribution in [0.3, 0.4) is 0 Å². The largest absolute Gasteiger partial charge is 0.478 e. The maximum atomic E-state index is 10.7. The molecule has 0 aliphatic carbocycles. The second-order valence-electron chi connectivity index (χ2n) is 3.58. The number of hydrogen-bond acceptors (Lipinski definition) is 2. The van der Waals surface area contributed by atoms with Crippen LogP contribution in [0.5, 0.6) is 0 Å². The van der Waals surface area contributed by atoms with Crippen LogP contribution in [0.2, 0.25) is 0 Å². The summed E-state index contributed by atoms with van der Waals surface area (Å²) in [5.74, 6) is -0.857. The SMILES string of the molecule is Cl.O=C(O)c1cccc(C2CCCN2)c1. The van der Waals surface area contributed by atoms with E-state index in [0.717, 1.165) is 18.5 Å². The van der Waals surface area contributed by atoms with Crippen LogP contribution in [-0.4, -0.2) is 17.6 Å². The van der Waals surface area contributed by atoms with Gasteiger partial charge in [-0.15, -0.1) is 12.4 Å². The van der Waals surface area contributed by atoms with Crippen molar-refractivity contribution in [2.45, 2.75) is 18.9 Å². The molecule has 3 nitrogen and oxygen atoms in total. The predicted molar refractivity (Wildman–Crippen MR) is 60.6 cm³/mol. The van der Waals surface area contributed by atoms with Gasteiger partial charge in [0.25, 0.3) is 0 Å². The van der Waals surface area contributed by atoms with Crippen LogP contribution < -0.4 is 5.32 Å². The molecule has 0 saturated carbocycles. The van der Waals surface area contributed by atoms with E-state index in [4.69, 9.17) is 5.11 Å². The Morgan fingerprint density at radius 3 is 2.87 bits per heavy atom. The van der Waals surface area contributed by atoms with Gasteiger partial charge in [0, 0.05) is 6.04 Å². The fourth-order valence-corrected chi connectivity index (χ4v) is 1.86. The zero-order valence-corrected chi connectivity index (χ0v) is 9.09. The third-order valence-corrected chi connectivity index (χ3v) is 2.60. The molecule has 15 heavy (non-hydrogen) atoms. The van der Waals surface area contributed by atoms with Gasteiger partial charge in [-0.3, -0.25) is 0 Å². The summed E-state index contributed by atoms with van der Waals surface area (Å²) in [4.78, 5) is 10.7. The Hall–Kier alpha value is -1.06. The molecule has 0 amide bonds. The first-order valence-electron chi connectivity index (χ1n) is 4.84. The number of rotatable bonds is 2. The fourth-order valence-electron chi connectivity index (χ4n) is 1.86. The molecule has 4 heteroatoms. The van der Waals surface area contributed by atoms with Gasteiger partial charge in [-0.2, -0.15) is 0 Å². The zero-order valence-electron chi connectivity index (χ0n) is 8.27. The Morgan fingerprint density at radius 2 is 2.27 bits per heavy atom. The molecule has 1 heterocycles. The van der Waals surface area contributed by atoms with Crippen molar-refractivity contribution in [2.24, 2.45) is 0 Å². The predicted octanol–water partition coefficient (Wildman–Crippen LogP) is 2.23. The summed E-state index contributed by atoms with van der Waals surface area (Å²) in [7, 11) is 0. The third kappa shape index (κ3) is 2.70. The molecule has 1 fully saturated rings. The summed E-state index contributed by atoms with van der Waals surface area (Å²) >= 11 is 0. The van der Waals surface area contributed by atoms with E-state index in [0.29, 0.717) is 11.6 Å². The van der Waals surface area contributed by atoms with E-state index >= 15 is 0 Å². The molecule has 0 bridgehead atoms. The second-order valence-corrected chi connectivity index (χ2v) is 3.58. The van der Waals surface area contributed by atoms with Gasteiger partial charge in [0.15, 0.2) is 0 Å². The number of halogens is 1. The quantitative estimate of drug-likeness (QED) is 0.815. The van der Waals surface area contributed by atoms with Crippen molar-refractivity contribution in [1.29, 1.82) is 0 Å². The van der Waals surface area contributed by atoms with Gasteiger partial charge in [0.05, 0.1) is 5.56 Å². The summed E-state index contributed by atoms with van der Waals surface area (Å²) in [5, 5.41) is 12.2. The number of nitrogens with one attached hydrogen (secondary N) is 1. The first kappa shape index (κ1) is 12.0. The van der Waals surface area contributed by atoms with E-state index in [1.165, 1.54) is 6.42 Å².